The van der Waals surface area contributed by atoms with Gasteiger partial charge in [-0.15, -0.1) is 0 Å². The van der Waals surface area contributed by atoms with Gasteiger partial charge in [0.25, 0.3) is 0 Å². The number of rotatable bonds is 7. The molecule has 35 heavy (non-hydrogen) atoms. The van der Waals surface area contributed by atoms with Crippen molar-refractivity contribution in [1.29, 1.82) is 0 Å². The molecule has 4 aliphatic rings. The minimum Gasteiger partial charge on any atom is -0.271 e. The lowest BCUT2D eigenvalue weighted by atomic mass is 9.45. The van der Waals surface area contributed by atoms with Crippen LogP contribution >= 0.6 is 12.6 Å². The third kappa shape index (κ3) is 5.28. The number of aromatic nitrogens is 2. The standard InChI is InChI=1S/C30H50N2S.C2H6/c1-5-7-21-9-10-25-23-14-16-30(4)26(24(23)13-15-29(25,3)17-21)11-12-27(30)28(33)20-32-19-22(8-6-2)18-31-32;1-2/h18-19,21,23-28,33H,5-17,20H2,1-4H3;1-2H3. The molecule has 0 saturated heterocycles. The molecule has 0 amide bonds. The van der Waals surface area contributed by atoms with Gasteiger partial charge < -0.3 is 0 Å². The zero-order valence-electron chi connectivity index (χ0n) is 23.9. The summed E-state index contributed by atoms with van der Waals surface area (Å²) in [5.41, 5.74) is 2.53. The summed E-state index contributed by atoms with van der Waals surface area (Å²) < 4.78 is 2.19. The molecule has 1 heterocycles. The van der Waals surface area contributed by atoms with E-state index >= 15 is 0 Å². The van der Waals surface area contributed by atoms with E-state index in [0.29, 0.717) is 16.1 Å². The third-order valence-electron chi connectivity index (χ3n) is 11.4. The van der Waals surface area contributed by atoms with Gasteiger partial charge in [0.05, 0.1) is 12.7 Å². The van der Waals surface area contributed by atoms with Gasteiger partial charge >= 0.3 is 0 Å². The van der Waals surface area contributed by atoms with Gasteiger partial charge in [0.15, 0.2) is 0 Å². The number of fused-ring (bicyclic) bond motifs is 5. The van der Waals surface area contributed by atoms with Gasteiger partial charge in [-0.25, -0.2) is 0 Å². The summed E-state index contributed by atoms with van der Waals surface area (Å²) in [6.07, 6.45) is 22.9. The first kappa shape index (κ1) is 27.6. The van der Waals surface area contributed by atoms with Crippen LogP contribution in [-0.2, 0) is 13.0 Å². The van der Waals surface area contributed by atoms with Crippen LogP contribution in [0.4, 0.5) is 0 Å². The van der Waals surface area contributed by atoms with E-state index in [1.165, 1.54) is 82.6 Å². The van der Waals surface area contributed by atoms with Crippen molar-refractivity contribution in [3.8, 4) is 0 Å². The van der Waals surface area contributed by atoms with Crippen molar-refractivity contribution >= 4 is 12.6 Å². The lowest BCUT2D eigenvalue weighted by molar-refractivity contribution is -0.105. The van der Waals surface area contributed by atoms with E-state index in [9.17, 15) is 0 Å². The van der Waals surface area contributed by atoms with Crippen LogP contribution in [0, 0.1) is 46.3 Å². The molecule has 4 fully saturated rings. The quantitative estimate of drug-likeness (QED) is 0.369. The lowest BCUT2D eigenvalue weighted by Crippen LogP contribution is -2.52. The number of hydrogen-bond donors (Lipinski definition) is 1. The van der Waals surface area contributed by atoms with E-state index in [2.05, 4.69) is 49.9 Å². The normalized spacial score (nSPS) is 41.2. The maximum absolute atomic E-state index is 5.24. The Morgan fingerprint density at radius 3 is 2.43 bits per heavy atom. The molecular formula is C32H56N2S. The SMILES string of the molecule is CC.CCCc1cnn(CC(S)C2CCC3C4CCC5(C)CC(CCC)CCC5C4CCC23C)c1. The average molecular weight is 501 g/mol. The zero-order chi connectivity index (χ0) is 25.2. The Morgan fingerprint density at radius 2 is 1.69 bits per heavy atom. The van der Waals surface area contributed by atoms with Crippen molar-refractivity contribution in [2.75, 3.05) is 0 Å². The molecule has 4 aliphatic carbocycles. The Morgan fingerprint density at radius 1 is 0.971 bits per heavy atom. The first-order valence-corrected chi connectivity index (χ1v) is 16.1. The highest BCUT2D eigenvalue weighted by Crippen LogP contribution is 2.67. The highest BCUT2D eigenvalue weighted by molar-refractivity contribution is 7.81. The first-order valence-electron chi connectivity index (χ1n) is 15.6. The van der Waals surface area contributed by atoms with Crippen molar-refractivity contribution < 1.29 is 0 Å². The Kier molecular flexibility index (Phi) is 9.09. The molecule has 0 aromatic carbocycles. The van der Waals surface area contributed by atoms with Crippen LogP contribution in [0.5, 0.6) is 0 Å². The van der Waals surface area contributed by atoms with Crippen LogP contribution < -0.4 is 0 Å². The molecule has 4 saturated carbocycles. The molecule has 0 radical (unpaired) electrons. The van der Waals surface area contributed by atoms with Crippen LogP contribution in [0.1, 0.15) is 124 Å². The summed E-state index contributed by atoms with van der Waals surface area (Å²) >= 11 is 5.24. The molecule has 1 aromatic heterocycles. The van der Waals surface area contributed by atoms with Crippen LogP contribution in [0.25, 0.3) is 0 Å². The van der Waals surface area contributed by atoms with Crippen molar-refractivity contribution in [1.82, 2.24) is 9.78 Å². The van der Waals surface area contributed by atoms with E-state index in [1.54, 1.807) is 0 Å². The predicted octanol–water partition coefficient (Wildman–Crippen LogP) is 9.24. The van der Waals surface area contributed by atoms with Crippen molar-refractivity contribution in [3.63, 3.8) is 0 Å². The average Bonchev–Trinajstić information content (AvgIpc) is 3.43. The molecule has 3 heteroatoms. The molecule has 2 nitrogen and oxygen atoms in total. The third-order valence-corrected chi connectivity index (χ3v) is 12.0. The number of thiol groups is 1. The minimum atomic E-state index is 0.435. The zero-order valence-corrected chi connectivity index (χ0v) is 24.8. The van der Waals surface area contributed by atoms with Gasteiger partial charge in [0, 0.05) is 11.4 Å². The van der Waals surface area contributed by atoms with Gasteiger partial charge in [-0.3, -0.25) is 4.68 Å². The van der Waals surface area contributed by atoms with Crippen LogP contribution in [0.2, 0.25) is 0 Å². The molecule has 5 rings (SSSR count). The molecule has 9 atom stereocenters. The van der Waals surface area contributed by atoms with Crippen molar-refractivity contribution in [3.05, 3.63) is 18.0 Å². The topological polar surface area (TPSA) is 17.8 Å². The molecule has 9 unspecified atom stereocenters. The summed E-state index contributed by atoms with van der Waals surface area (Å²) in [6, 6.07) is 0. The minimum absolute atomic E-state index is 0.435. The van der Waals surface area contributed by atoms with Crippen LogP contribution in [-0.4, -0.2) is 15.0 Å². The Labute approximate surface area is 223 Å². The van der Waals surface area contributed by atoms with Gasteiger partial charge in [-0.2, -0.15) is 17.7 Å². The summed E-state index contributed by atoms with van der Waals surface area (Å²) in [5.74, 6) is 5.74. The second-order valence-corrected chi connectivity index (χ2v) is 13.9. The molecule has 0 spiro atoms. The van der Waals surface area contributed by atoms with Gasteiger partial charge in [-0.1, -0.05) is 67.2 Å². The fraction of sp³-hybridized carbons (Fsp3) is 0.906. The smallest absolute Gasteiger partial charge is 0.0528 e. The first-order chi connectivity index (χ1) is 16.9. The summed E-state index contributed by atoms with van der Waals surface area (Å²) in [4.78, 5) is 0. The molecular weight excluding hydrogens is 444 g/mol. The van der Waals surface area contributed by atoms with Crippen molar-refractivity contribution in [2.45, 2.75) is 137 Å². The van der Waals surface area contributed by atoms with E-state index in [4.69, 9.17) is 12.6 Å². The molecule has 0 N–H and O–H groups in total. The van der Waals surface area contributed by atoms with Crippen LogP contribution in [0.3, 0.4) is 0 Å². The number of nitrogens with zero attached hydrogens (tertiary/aromatic N) is 2. The van der Waals surface area contributed by atoms with Crippen molar-refractivity contribution in [2.24, 2.45) is 46.3 Å². The summed E-state index contributed by atoms with van der Waals surface area (Å²) in [5, 5.41) is 5.11. The lowest BCUT2D eigenvalue weighted by Gasteiger charge is -2.60. The van der Waals surface area contributed by atoms with E-state index < -0.39 is 0 Å². The number of aryl methyl sites for hydroxylation is 1. The van der Waals surface area contributed by atoms with Gasteiger partial charge in [-0.05, 0) is 110 Å². The van der Waals surface area contributed by atoms with Gasteiger partial charge in [0.1, 0.15) is 0 Å². The second kappa shape index (κ2) is 11.5. The molecule has 200 valence electrons. The van der Waals surface area contributed by atoms with E-state index in [1.807, 2.05) is 13.8 Å². The summed E-state index contributed by atoms with van der Waals surface area (Å²) in [6.45, 7) is 15.0. The second-order valence-electron chi connectivity index (χ2n) is 13.3. The largest absolute Gasteiger partial charge is 0.271 e. The fourth-order valence-corrected chi connectivity index (χ4v) is 10.7. The maximum atomic E-state index is 5.24. The van der Waals surface area contributed by atoms with Crippen LogP contribution in [0.15, 0.2) is 12.4 Å². The number of hydrogen-bond acceptors (Lipinski definition) is 2. The van der Waals surface area contributed by atoms with E-state index in [0.717, 1.165) is 48.5 Å². The molecule has 0 bridgehead atoms. The van der Waals surface area contributed by atoms with Gasteiger partial charge in [0.2, 0.25) is 0 Å². The van der Waals surface area contributed by atoms with E-state index in [-0.39, 0.29) is 0 Å². The Bertz CT molecular complexity index is 803. The Hall–Kier alpha value is -0.440. The maximum Gasteiger partial charge on any atom is 0.0528 e. The Balaban J connectivity index is 0.00000141. The highest BCUT2D eigenvalue weighted by Gasteiger charge is 2.59. The molecule has 0 aliphatic heterocycles. The highest BCUT2D eigenvalue weighted by atomic mass is 32.1. The summed E-state index contributed by atoms with van der Waals surface area (Å²) in [7, 11) is 0. The fourth-order valence-electron chi connectivity index (χ4n) is 9.99. The predicted molar refractivity (Wildman–Crippen MR) is 154 cm³/mol. The molecule has 1 aromatic rings. The monoisotopic (exact) mass is 500 g/mol.